The fourth-order valence-corrected chi connectivity index (χ4v) is 3.05. The molecule has 4 rings (SSSR count). The Morgan fingerprint density at radius 3 is 2.50 bits per heavy atom. The van der Waals surface area contributed by atoms with Crippen molar-refractivity contribution in [2.45, 2.75) is 13.8 Å². The average Bonchev–Trinajstić information content (AvgIpc) is 3.17. The van der Waals surface area contributed by atoms with Crippen LogP contribution in [0.4, 0.5) is 5.69 Å². The van der Waals surface area contributed by atoms with Crippen molar-refractivity contribution in [3.05, 3.63) is 72.3 Å². The smallest absolute Gasteiger partial charge is 0.262 e. The number of nitrogens with one attached hydrogen (secondary N) is 1. The second-order valence-electron chi connectivity index (χ2n) is 6.81. The fraction of sp³-hybridized carbons (Fsp3) is 0.167. The number of carbonyl (C=O) groups is 1. The number of hydrogen-bond donors (Lipinski definition) is 1. The molecule has 0 aliphatic carbocycles. The number of ether oxygens (including phenoxy) is 2. The van der Waals surface area contributed by atoms with Crippen LogP contribution in [0, 0.1) is 6.92 Å². The van der Waals surface area contributed by atoms with Gasteiger partial charge in [-0.2, -0.15) is 0 Å². The molecule has 1 amide bonds. The number of hydrogen-bond acceptors (Lipinski definition) is 5. The molecular weight excluding hydrogens is 380 g/mol. The number of anilines is 1. The van der Waals surface area contributed by atoms with E-state index in [1.54, 1.807) is 36.4 Å². The van der Waals surface area contributed by atoms with E-state index >= 15 is 0 Å². The number of benzene rings is 3. The van der Waals surface area contributed by atoms with Gasteiger partial charge in [-0.3, -0.25) is 4.79 Å². The molecule has 3 aromatic carbocycles. The van der Waals surface area contributed by atoms with Crippen LogP contribution in [0.1, 0.15) is 12.5 Å². The molecule has 152 valence electrons. The van der Waals surface area contributed by atoms with E-state index < -0.39 is 0 Å². The minimum absolute atomic E-state index is 0.100. The first-order valence-corrected chi connectivity index (χ1v) is 9.74. The first kappa shape index (κ1) is 19.5. The summed E-state index contributed by atoms with van der Waals surface area (Å²) in [6, 6.07) is 20.5. The number of fused-ring (bicyclic) bond motifs is 1. The van der Waals surface area contributed by atoms with E-state index in [4.69, 9.17) is 13.9 Å². The summed E-state index contributed by atoms with van der Waals surface area (Å²) in [5.41, 5.74) is 4.01. The van der Waals surface area contributed by atoms with E-state index in [1.807, 2.05) is 44.2 Å². The highest BCUT2D eigenvalue weighted by Gasteiger charge is 2.10. The van der Waals surface area contributed by atoms with Crippen LogP contribution in [0.15, 0.2) is 71.1 Å². The number of aryl methyl sites for hydroxylation is 1. The third kappa shape index (κ3) is 4.60. The predicted molar refractivity (Wildman–Crippen MR) is 116 cm³/mol. The van der Waals surface area contributed by atoms with Crippen molar-refractivity contribution in [1.82, 2.24) is 4.98 Å². The first-order chi connectivity index (χ1) is 14.6. The summed E-state index contributed by atoms with van der Waals surface area (Å²) in [5.74, 6) is 1.65. The zero-order chi connectivity index (χ0) is 20.9. The Morgan fingerprint density at radius 1 is 1.00 bits per heavy atom. The maximum atomic E-state index is 12.2. The second-order valence-corrected chi connectivity index (χ2v) is 6.81. The lowest BCUT2D eigenvalue weighted by Crippen LogP contribution is -2.20. The number of rotatable bonds is 7. The average molecular weight is 402 g/mol. The van der Waals surface area contributed by atoms with E-state index in [1.165, 1.54) is 0 Å². The molecule has 6 heteroatoms. The van der Waals surface area contributed by atoms with Gasteiger partial charge in [-0.25, -0.2) is 4.98 Å². The van der Waals surface area contributed by atoms with Crippen LogP contribution in [0.5, 0.6) is 11.5 Å². The molecular formula is C24H22N2O4. The third-order valence-electron chi connectivity index (χ3n) is 4.44. The van der Waals surface area contributed by atoms with Crippen molar-refractivity contribution < 1.29 is 18.7 Å². The lowest BCUT2D eigenvalue weighted by atomic mass is 10.1. The van der Waals surface area contributed by atoms with Gasteiger partial charge in [0.05, 0.1) is 6.61 Å². The monoisotopic (exact) mass is 402 g/mol. The zero-order valence-electron chi connectivity index (χ0n) is 16.8. The lowest BCUT2D eigenvalue weighted by molar-refractivity contribution is -0.118. The first-order valence-electron chi connectivity index (χ1n) is 9.74. The minimum Gasteiger partial charge on any atom is -0.494 e. The van der Waals surface area contributed by atoms with Crippen molar-refractivity contribution in [3.8, 4) is 23.0 Å². The molecule has 1 heterocycles. The molecule has 0 saturated carbocycles. The Morgan fingerprint density at radius 2 is 1.77 bits per heavy atom. The van der Waals surface area contributed by atoms with Crippen LogP contribution in [-0.2, 0) is 4.79 Å². The fourth-order valence-electron chi connectivity index (χ4n) is 3.05. The van der Waals surface area contributed by atoms with Gasteiger partial charge in [-0.1, -0.05) is 17.7 Å². The largest absolute Gasteiger partial charge is 0.494 e. The van der Waals surface area contributed by atoms with Gasteiger partial charge in [0.2, 0.25) is 5.89 Å². The number of oxazole rings is 1. The summed E-state index contributed by atoms with van der Waals surface area (Å²) < 4.78 is 16.8. The molecule has 1 aromatic heterocycles. The molecule has 0 spiro atoms. The van der Waals surface area contributed by atoms with Crippen LogP contribution in [0.25, 0.3) is 22.6 Å². The molecule has 0 unspecified atom stereocenters. The van der Waals surface area contributed by atoms with Crippen LogP contribution in [0.3, 0.4) is 0 Å². The van der Waals surface area contributed by atoms with Gasteiger partial charge < -0.3 is 19.2 Å². The topological polar surface area (TPSA) is 73.6 Å². The van der Waals surface area contributed by atoms with Crippen molar-refractivity contribution in [3.63, 3.8) is 0 Å². The van der Waals surface area contributed by atoms with E-state index in [0.717, 1.165) is 22.4 Å². The summed E-state index contributed by atoms with van der Waals surface area (Å²) in [5, 5.41) is 2.82. The summed E-state index contributed by atoms with van der Waals surface area (Å²) in [4.78, 5) is 16.8. The number of aromatic nitrogens is 1. The van der Waals surface area contributed by atoms with Gasteiger partial charge in [0, 0.05) is 17.3 Å². The van der Waals surface area contributed by atoms with Crippen molar-refractivity contribution in [2.75, 3.05) is 18.5 Å². The molecule has 30 heavy (non-hydrogen) atoms. The van der Waals surface area contributed by atoms with E-state index in [2.05, 4.69) is 10.3 Å². The van der Waals surface area contributed by atoms with Gasteiger partial charge in [-0.15, -0.1) is 0 Å². The molecule has 1 N–H and O–H groups in total. The van der Waals surface area contributed by atoms with E-state index in [-0.39, 0.29) is 12.5 Å². The Bertz CT molecular complexity index is 1170. The van der Waals surface area contributed by atoms with E-state index in [0.29, 0.717) is 29.5 Å². The second kappa shape index (κ2) is 8.69. The molecule has 0 bridgehead atoms. The summed E-state index contributed by atoms with van der Waals surface area (Å²) in [6.07, 6.45) is 0. The zero-order valence-corrected chi connectivity index (χ0v) is 16.8. The van der Waals surface area contributed by atoms with Crippen LogP contribution >= 0.6 is 0 Å². The lowest BCUT2D eigenvalue weighted by Gasteiger charge is -2.08. The highest BCUT2D eigenvalue weighted by atomic mass is 16.5. The summed E-state index contributed by atoms with van der Waals surface area (Å²) in [6.45, 7) is 4.45. The van der Waals surface area contributed by atoms with Gasteiger partial charge in [0.15, 0.2) is 12.2 Å². The Balaban J connectivity index is 1.40. The van der Waals surface area contributed by atoms with Crippen molar-refractivity contribution >= 4 is 22.7 Å². The van der Waals surface area contributed by atoms with Crippen molar-refractivity contribution in [1.29, 1.82) is 0 Å². The summed E-state index contributed by atoms with van der Waals surface area (Å²) >= 11 is 0. The SMILES string of the molecule is CCOc1ccc(OCC(=O)Nc2ccc3nc(-c4cccc(C)c4)oc3c2)cc1. The summed E-state index contributed by atoms with van der Waals surface area (Å²) in [7, 11) is 0. The Hall–Kier alpha value is -3.80. The quantitative estimate of drug-likeness (QED) is 0.459. The minimum atomic E-state index is -0.262. The van der Waals surface area contributed by atoms with Crippen LogP contribution < -0.4 is 14.8 Å². The molecule has 0 saturated heterocycles. The molecule has 0 atom stereocenters. The maximum absolute atomic E-state index is 12.2. The highest BCUT2D eigenvalue weighted by molar-refractivity contribution is 5.93. The molecule has 4 aromatic rings. The number of nitrogens with zero attached hydrogens (tertiary/aromatic N) is 1. The van der Waals surface area contributed by atoms with E-state index in [9.17, 15) is 4.79 Å². The van der Waals surface area contributed by atoms with Crippen molar-refractivity contribution in [2.24, 2.45) is 0 Å². The predicted octanol–water partition coefficient (Wildman–Crippen LogP) is 5.22. The van der Waals surface area contributed by atoms with Crippen LogP contribution in [0.2, 0.25) is 0 Å². The molecule has 0 aliphatic rings. The Labute approximate surface area is 174 Å². The number of amides is 1. The standard InChI is InChI=1S/C24H22N2O4/c1-3-28-19-8-10-20(11-9-19)29-15-23(27)25-18-7-12-21-22(14-18)30-24(26-21)17-6-4-5-16(2)13-17/h4-14H,3,15H2,1-2H3,(H,25,27). The molecule has 0 aliphatic heterocycles. The maximum Gasteiger partial charge on any atom is 0.262 e. The van der Waals surface area contributed by atoms with Gasteiger partial charge in [0.25, 0.3) is 5.91 Å². The van der Waals surface area contributed by atoms with Gasteiger partial charge >= 0.3 is 0 Å². The van der Waals surface area contributed by atoms with Gasteiger partial charge in [0.1, 0.15) is 17.0 Å². The normalized spacial score (nSPS) is 10.7. The molecule has 0 radical (unpaired) electrons. The number of carbonyl (C=O) groups excluding carboxylic acids is 1. The van der Waals surface area contributed by atoms with Gasteiger partial charge in [-0.05, 0) is 62.4 Å². The third-order valence-corrected chi connectivity index (χ3v) is 4.44. The highest BCUT2D eigenvalue weighted by Crippen LogP contribution is 2.27. The molecule has 0 fully saturated rings. The molecule has 6 nitrogen and oxygen atoms in total. The Kier molecular flexibility index (Phi) is 5.66. The van der Waals surface area contributed by atoms with Crippen LogP contribution in [-0.4, -0.2) is 24.1 Å².